The predicted octanol–water partition coefficient (Wildman–Crippen LogP) is 0.943. The summed E-state index contributed by atoms with van der Waals surface area (Å²) in [7, 11) is 0. The van der Waals surface area contributed by atoms with Gasteiger partial charge in [-0.05, 0) is 12.3 Å². The van der Waals surface area contributed by atoms with Gasteiger partial charge in [-0.2, -0.15) is 0 Å². The van der Waals surface area contributed by atoms with Gasteiger partial charge < -0.3 is 10.2 Å². The number of aliphatic hydroxyl groups is 2. The van der Waals surface area contributed by atoms with Gasteiger partial charge in [-0.3, -0.25) is 0 Å². The lowest BCUT2D eigenvalue weighted by molar-refractivity contribution is -0.00256. The van der Waals surface area contributed by atoms with Gasteiger partial charge in [0.25, 0.3) is 0 Å². The first-order valence-electron chi connectivity index (χ1n) is 7.38. The van der Waals surface area contributed by atoms with Gasteiger partial charge in [-0.15, -0.1) is 0 Å². The molecular weight excluding hydrogens is 228 g/mol. The van der Waals surface area contributed by atoms with E-state index in [-0.39, 0.29) is 12.2 Å². The second kappa shape index (κ2) is 5.87. The monoisotopic (exact) mass is 256 g/mol. The van der Waals surface area contributed by atoms with E-state index in [1.54, 1.807) is 0 Å². The normalized spacial score (nSPS) is 39.0. The molecule has 2 rings (SSSR count). The number of nitrogens with zero attached hydrogens (tertiary/aromatic N) is 2. The Morgan fingerprint density at radius 1 is 1.00 bits per heavy atom. The summed E-state index contributed by atoms with van der Waals surface area (Å²) >= 11 is 0. The van der Waals surface area contributed by atoms with Crippen molar-refractivity contribution in [3.63, 3.8) is 0 Å². The lowest BCUT2D eigenvalue weighted by atomic mass is 9.93. The summed E-state index contributed by atoms with van der Waals surface area (Å²) in [4.78, 5) is 0. The van der Waals surface area contributed by atoms with Gasteiger partial charge in [0.05, 0.1) is 12.2 Å². The Labute approximate surface area is 111 Å². The van der Waals surface area contributed by atoms with Crippen molar-refractivity contribution in [2.45, 2.75) is 45.8 Å². The van der Waals surface area contributed by atoms with E-state index in [1.165, 1.54) is 0 Å². The maximum atomic E-state index is 10.1. The van der Waals surface area contributed by atoms with Crippen LogP contribution in [0.5, 0.6) is 0 Å². The molecule has 0 bridgehead atoms. The van der Waals surface area contributed by atoms with Crippen molar-refractivity contribution in [3.8, 4) is 0 Å². The van der Waals surface area contributed by atoms with Crippen LogP contribution in [0.2, 0.25) is 0 Å². The van der Waals surface area contributed by atoms with E-state index in [4.69, 9.17) is 0 Å². The van der Waals surface area contributed by atoms with Crippen LogP contribution in [0.4, 0.5) is 0 Å². The Hall–Kier alpha value is -0.160. The average Bonchev–Trinajstić information content (AvgIpc) is 2.84. The van der Waals surface area contributed by atoms with Gasteiger partial charge in [0.2, 0.25) is 0 Å². The van der Waals surface area contributed by atoms with Crippen molar-refractivity contribution in [3.05, 3.63) is 0 Å². The SMILES string of the molecule is CCCC1CN(N2CC(O)C(C(C)C)C2)CC1O. The Balaban J connectivity index is 1.90. The fourth-order valence-electron chi connectivity index (χ4n) is 3.39. The van der Waals surface area contributed by atoms with Gasteiger partial charge in [-0.1, -0.05) is 27.2 Å². The van der Waals surface area contributed by atoms with E-state index < -0.39 is 0 Å². The van der Waals surface area contributed by atoms with Gasteiger partial charge in [0.15, 0.2) is 0 Å². The fraction of sp³-hybridized carbons (Fsp3) is 1.00. The number of hydrogen-bond donors (Lipinski definition) is 2. The number of β-amino-alcohol motifs (C(OH)–C–C–N with tert-alkyl or cyclic N) is 2. The standard InChI is InChI=1S/C14H28N2O2/c1-4-5-11-6-15(8-13(11)17)16-7-12(10(2)3)14(18)9-16/h10-14,17-18H,4-9H2,1-3H3. The van der Waals surface area contributed by atoms with E-state index in [2.05, 4.69) is 30.8 Å². The third-order valence-corrected chi connectivity index (χ3v) is 4.62. The van der Waals surface area contributed by atoms with Crippen LogP contribution >= 0.6 is 0 Å². The van der Waals surface area contributed by atoms with Crippen LogP contribution in [0, 0.1) is 17.8 Å². The molecule has 4 heteroatoms. The highest BCUT2D eigenvalue weighted by Gasteiger charge is 2.40. The molecule has 4 nitrogen and oxygen atoms in total. The molecule has 0 amide bonds. The highest BCUT2D eigenvalue weighted by Crippen LogP contribution is 2.29. The van der Waals surface area contributed by atoms with Crippen molar-refractivity contribution < 1.29 is 10.2 Å². The molecule has 4 unspecified atom stereocenters. The molecule has 0 aliphatic carbocycles. The minimum absolute atomic E-state index is 0.194. The minimum Gasteiger partial charge on any atom is -0.391 e. The molecule has 18 heavy (non-hydrogen) atoms. The predicted molar refractivity (Wildman–Crippen MR) is 71.9 cm³/mol. The third-order valence-electron chi connectivity index (χ3n) is 4.62. The molecule has 0 radical (unpaired) electrons. The molecular formula is C14H28N2O2. The number of aliphatic hydroxyl groups excluding tert-OH is 2. The number of hydrazine groups is 1. The molecule has 4 atom stereocenters. The first-order chi connectivity index (χ1) is 8.52. The topological polar surface area (TPSA) is 46.9 Å². The first kappa shape index (κ1) is 14.3. The zero-order valence-electron chi connectivity index (χ0n) is 11.9. The molecule has 0 saturated carbocycles. The molecule has 0 aromatic heterocycles. The van der Waals surface area contributed by atoms with Crippen molar-refractivity contribution in [2.24, 2.45) is 17.8 Å². The third kappa shape index (κ3) is 2.87. The van der Waals surface area contributed by atoms with E-state index in [9.17, 15) is 10.2 Å². The number of rotatable bonds is 4. The molecule has 106 valence electrons. The summed E-state index contributed by atoms with van der Waals surface area (Å²) in [6, 6.07) is 0. The van der Waals surface area contributed by atoms with Crippen LogP contribution in [0.25, 0.3) is 0 Å². The van der Waals surface area contributed by atoms with Gasteiger partial charge in [0.1, 0.15) is 0 Å². The zero-order chi connectivity index (χ0) is 13.3. The van der Waals surface area contributed by atoms with E-state index in [1.807, 2.05) is 0 Å². The minimum atomic E-state index is -0.215. The largest absolute Gasteiger partial charge is 0.391 e. The van der Waals surface area contributed by atoms with E-state index in [0.29, 0.717) is 17.8 Å². The summed E-state index contributed by atoms with van der Waals surface area (Å²) in [5.74, 6) is 1.29. The molecule has 2 heterocycles. The number of hydrogen-bond acceptors (Lipinski definition) is 4. The van der Waals surface area contributed by atoms with Crippen molar-refractivity contribution in [1.82, 2.24) is 10.0 Å². The van der Waals surface area contributed by atoms with Gasteiger partial charge in [-0.25, -0.2) is 10.0 Å². The molecule has 2 aliphatic rings. The zero-order valence-corrected chi connectivity index (χ0v) is 11.9. The van der Waals surface area contributed by atoms with E-state index >= 15 is 0 Å². The highest BCUT2D eigenvalue weighted by molar-refractivity contribution is 4.89. The Morgan fingerprint density at radius 3 is 2.17 bits per heavy atom. The van der Waals surface area contributed by atoms with Crippen LogP contribution in [-0.4, -0.2) is 58.6 Å². The van der Waals surface area contributed by atoms with Crippen LogP contribution in [0.1, 0.15) is 33.6 Å². The fourth-order valence-corrected chi connectivity index (χ4v) is 3.39. The Morgan fingerprint density at radius 2 is 1.61 bits per heavy atom. The summed E-state index contributed by atoms with van der Waals surface area (Å²) in [6.07, 6.45) is 1.82. The maximum absolute atomic E-state index is 10.1. The van der Waals surface area contributed by atoms with Gasteiger partial charge >= 0.3 is 0 Å². The highest BCUT2D eigenvalue weighted by atomic mass is 16.3. The second-order valence-corrected chi connectivity index (χ2v) is 6.33. The smallest absolute Gasteiger partial charge is 0.0724 e. The van der Waals surface area contributed by atoms with Crippen LogP contribution in [0.3, 0.4) is 0 Å². The van der Waals surface area contributed by atoms with Crippen molar-refractivity contribution >= 4 is 0 Å². The molecule has 2 aliphatic heterocycles. The van der Waals surface area contributed by atoms with Crippen molar-refractivity contribution in [2.75, 3.05) is 26.2 Å². The molecule has 0 aromatic carbocycles. The average molecular weight is 256 g/mol. The van der Waals surface area contributed by atoms with Crippen LogP contribution in [-0.2, 0) is 0 Å². The van der Waals surface area contributed by atoms with Crippen LogP contribution in [0.15, 0.2) is 0 Å². The summed E-state index contributed by atoms with van der Waals surface area (Å²) in [5.41, 5.74) is 0. The first-order valence-corrected chi connectivity index (χ1v) is 7.38. The molecule has 0 spiro atoms. The summed E-state index contributed by atoms with van der Waals surface area (Å²) in [6.45, 7) is 9.88. The van der Waals surface area contributed by atoms with Crippen LogP contribution < -0.4 is 0 Å². The van der Waals surface area contributed by atoms with E-state index in [0.717, 1.165) is 39.0 Å². The van der Waals surface area contributed by atoms with Crippen molar-refractivity contribution in [1.29, 1.82) is 0 Å². The summed E-state index contributed by atoms with van der Waals surface area (Å²) in [5, 5.41) is 24.7. The summed E-state index contributed by atoms with van der Waals surface area (Å²) < 4.78 is 0. The molecule has 2 fully saturated rings. The second-order valence-electron chi connectivity index (χ2n) is 6.33. The molecule has 2 N–H and O–H groups in total. The Bertz CT molecular complexity index is 273. The lowest BCUT2D eigenvalue weighted by Gasteiger charge is -2.28. The maximum Gasteiger partial charge on any atom is 0.0724 e. The molecule has 2 saturated heterocycles. The lowest BCUT2D eigenvalue weighted by Crippen LogP contribution is -2.40. The quantitative estimate of drug-likeness (QED) is 0.786. The van der Waals surface area contributed by atoms with Gasteiger partial charge in [0, 0.05) is 38.0 Å². The Kier molecular flexibility index (Phi) is 4.64. The molecule has 0 aromatic rings.